The average Bonchev–Trinajstić information content (AvgIpc) is 2.56. The number of carboxylic acid groups (broad SMARTS) is 1. The molecule has 1 aliphatic carbocycles. The summed E-state index contributed by atoms with van der Waals surface area (Å²) in [5, 5.41) is 9.63. The maximum atomic E-state index is 11.8. The van der Waals surface area contributed by atoms with Crippen LogP contribution < -0.4 is 10.2 Å². The van der Waals surface area contributed by atoms with E-state index in [1.54, 1.807) is 0 Å². The summed E-state index contributed by atoms with van der Waals surface area (Å²) in [6.45, 7) is 1.48. The molecule has 1 aromatic rings. The molecule has 6 nitrogen and oxygen atoms in total. The Kier molecular flexibility index (Phi) is 3.75. The Bertz CT molecular complexity index is 654. The van der Waals surface area contributed by atoms with Gasteiger partial charge in [-0.05, 0) is 49.8 Å². The minimum absolute atomic E-state index is 0.201. The van der Waals surface area contributed by atoms with E-state index in [0.29, 0.717) is 5.75 Å². The van der Waals surface area contributed by atoms with Crippen LogP contribution in [0.5, 0.6) is 5.75 Å². The zero-order chi connectivity index (χ0) is 15.6. The molecular formula is C16H18N2O4. The van der Waals surface area contributed by atoms with Crippen LogP contribution in [0.2, 0.25) is 0 Å². The number of aliphatic imine (C=N–C) groups is 1. The Labute approximate surface area is 128 Å². The Hall–Kier alpha value is -2.50. The molecular weight excluding hydrogens is 284 g/mol. The van der Waals surface area contributed by atoms with E-state index >= 15 is 0 Å². The summed E-state index contributed by atoms with van der Waals surface area (Å²) in [6, 6.07) is 5.79. The zero-order valence-electron chi connectivity index (χ0n) is 12.3. The minimum atomic E-state index is -1.61. The Morgan fingerprint density at radius 3 is 2.95 bits per heavy atom. The molecule has 1 aromatic carbocycles. The SMILES string of the molecule is CC(Oc1cccc2c1CCCC2)(C(=O)O)C1=CONC=N1. The van der Waals surface area contributed by atoms with Crippen LogP contribution in [0, 0.1) is 0 Å². The van der Waals surface area contributed by atoms with Crippen molar-refractivity contribution in [1.29, 1.82) is 0 Å². The number of hydrogen-bond donors (Lipinski definition) is 2. The molecule has 1 aliphatic heterocycles. The number of rotatable bonds is 4. The molecule has 6 heteroatoms. The lowest BCUT2D eigenvalue weighted by molar-refractivity contribution is -0.150. The first kappa shape index (κ1) is 14.4. The molecule has 0 spiro atoms. The number of ether oxygens (including phenoxy) is 1. The van der Waals surface area contributed by atoms with E-state index in [0.717, 1.165) is 31.2 Å². The van der Waals surface area contributed by atoms with E-state index in [1.807, 2.05) is 12.1 Å². The Morgan fingerprint density at radius 1 is 1.41 bits per heavy atom. The molecule has 2 N–H and O–H groups in total. The van der Waals surface area contributed by atoms with Gasteiger partial charge in [0, 0.05) is 0 Å². The lowest BCUT2D eigenvalue weighted by Gasteiger charge is -2.29. The van der Waals surface area contributed by atoms with Crippen LogP contribution in [0.3, 0.4) is 0 Å². The normalized spacial score (nSPS) is 19.0. The molecule has 0 radical (unpaired) electrons. The van der Waals surface area contributed by atoms with E-state index in [9.17, 15) is 9.90 Å². The maximum Gasteiger partial charge on any atom is 0.354 e. The van der Waals surface area contributed by atoms with Crippen LogP contribution in [0.15, 0.2) is 35.2 Å². The van der Waals surface area contributed by atoms with Crippen molar-refractivity contribution in [1.82, 2.24) is 5.48 Å². The molecule has 22 heavy (non-hydrogen) atoms. The zero-order valence-corrected chi connectivity index (χ0v) is 12.3. The van der Waals surface area contributed by atoms with Crippen LogP contribution >= 0.6 is 0 Å². The molecule has 0 fully saturated rings. The van der Waals surface area contributed by atoms with Gasteiger partial charge in [0.25, 0.3) is 0 Å². The van der Waals surface area contributed by atoms with Crippen molar-refractivity contribution in [2.24, 2.45) is 4.99 Å². The summed E-state index contributed by atoms with van der Waals surface area (Å²) >= 11 is 0. The van der Waals surface area contributed by atoms with Crippen molar-refractivity contribution in [2.75, 3.05) is 0 Å². The molecule has 0 bridgehead atoms. The quantitative estimate of drug-likeness (QED) is 0.891. The molecule has 0 saturated heterocycles. The summed E-state index contributed by atoms with van der Waals surface area (Å²) in [6.07, 6.45) is 6.70. The molecule has 1 heterocycles. The number of carboxylic acids is 1. The molecule has 116 valence electrons. The monoisotopic (exact) mass is 302 g/mol. The maximum absolute atomic E-state index is 11.8. The molecule has 3 rings (SSSR count). The molecule has 2 aliphatic rings. The van der Waals surface area contributed by atoms with Gasteiger partial charge in [0.05, 0.1) is 0 Å². The second-order valence-corrected chi connectivity index (χ2v) is 5.54. The highest BCUT2D eigenvalue weighted by molar-refractivity contribution is 5.82. The molecule has 1 unspecified atom stereocenters. The van der Waals surface area contributed by atoms with E-state index in [-0.39, 0.29) is 5.70 Å². The first-order chi connectivity index (χ1) is 10.6. The van der Waals surface area contributed by atoms with Crippen molar-refractivity contribution < 1.29 is 19.5 Å². The van der Waals surface area contributed by atoms with E-state index < -0.39 is 11.6 Å². The number of aryl methyl sites for hydroxylation is 1. The highest BCUT2D eigenvalue weighted by Gasteiger charge is 2.42. The summed E-state index contributed by atoms with van der Waals surface area (Å²) in [7, 11) is 0. The predicted octanol–water partition coefficient (Wildman–Crippen LogP) is 2.19. The highest BCUT2D eigenvalue weighted by atomic mass is 16.6. The lowest BCUT2D eigenvalue weighted by atomic mass is 9.91. The van der Waals surface area contributed by atoms with Gasteiger partial charge in [0.1, 0.15) is 24.0 Å². The molecule has 0 amide bonds. The van der Waals surface area contributed by atoms with Gasteiger partial charge in [-0.3, -0.25) is 0 Å². The minimum Gasteiger partial charge on any atom is -0.478 e. The third-order valence-electron chi connectivity index (χ3n) is 4.06. The molecule has 0 saturated carbocycles. The van der Waals surface area contributed by atoms with Gasteiger partial charge in [-0.25, -0.2) is 15.3 Å². The Morgan fingerprint density at radius 2 is 2.23 bits per heavy atom. The summed E-state index contributed by atoms with van der Waals surface area (Å²) in [5.74, 6) is -0.508. The van der Waals surface area contributed by atoms with E-state index in [4.69, 9.17) is 9.57 Å². The van der Waals surface area contributed by atoms with Crippen molar-refractivity contribution >= 4 is 12.3 Å². The second kappa shape index (κ2) is 5.71. The number of nitrogens with one attached hydrogen (secondary N) is 1. The summed E-state index contributed by atoms with van der Waals surface area (Å²) in [5.41, 5.74) is 3.35. The fourth-order valence-electron chi connectivity index (χ4n) is 2.75. The van der Waals surface area contributed by atoms with Crippen molar-refractivity contribution in [2.45, 2.75) is 38.2 Å². The lowest BCUT2D eigenvalue weighted by Crippen LogP contribution is -2.44. The van der Waals surface area contributed by atoms with Crippen LogP contribution in [0.25, 0.3) is 0 Å². The van der Waals surface area contributed by atoms with Crippen LogP contribution in [0.1, 0.15) is 30.9 Å². The number of fused-ring (bicyclic) bond motifs is 1. The van der Waals surface area contributed by atoms with Gasteiger partial charge >= 0.3 is 5.97 Å². The van der Waals surface area contributed by atoms with Gasteiger partial charge in [0.2, 0.25) is 5.60 Å². The van der Waals surface area contributed by atoms with E-state index in [1.165, 1.54) is 25.1 Å². The summed E-state index contributed by atoms with van der Waals surface area (Å²) < 4.78 is 5.91. The largest absolute Gasteiger partial charge is 0.478 e. The van der Waals surface area contributed by atoms with Gasteiger partial charge in [-0.15, -0.1) is 0 Å². The first-order valence-electron chi connectivity index (χ1n) is 7.29. The number of carbonyl (C=O) groups is 1. The predicted molar refractivity (Wildman–Crippen MR) is 80.5 cm³/mol. The third kappa shape index (κ3) is 2.52. The van der Waals surface area contributed by atoms with Gasteiger partial charge in [-0.1, -0.05) is 12.1 Å². The van der Waals surface area contributed by atoms with Gasteiger partial charge in [0.15, 0.2) is 0 Å². The summed E-state index contributed by atoms with van der Waals surface area (Å²) in [4.78, 5) is 20.7. The fraction of sp³-hybridized carbons (Fsp3) is 0.375. The van der Waals surface area contributed by atoms with Gasteiger partial charge < -0.3 is 14.7 Å². The fourth-order valence-corrected chi connectivity index (χ4v) is 2.75. The van der Waals surface area contributed by atoms with E-state index in [2.05, 4.69) is 16.5 Å². The Balaban J connectivity index is 1.97. The number of aliphatic carboxylic acids is 1. The standard InChI is InChI=1S/C16H18N2O4/c1-16(15(19)20,14-9-21-18-10-17-14)22-13-8-4-6-11-5-2-3-7-12(11)13/h4,6,8-10H,2-3,5,7H2,1H3,(H,17,18)(H,19,20). The van der Waals surface area contributed by atoms with Crippen molar-refractivity contribution in [3.8, 4) is 5.75 Å². The topological polar surface area (TPSA) is 80.2 Å². The molecule has 0 aromatic heterocycles. The smallest absolute Gasteiger partial charge is 0.354 e. The third-order valence-corrected chi connectivity index (χ3v) is 4.06. The number of hydroxylamine groups is 1. The molecule has 1 atom stereocenters. The number of benzene rings is 1. The van der Waals surface area contributed by atoms with Crippen LogP contribution in [-0.4, -0.2) is 23.0 Å². The average molecular weight is 302 g/mol. The van der Waals surface area contributed by atoms with Crippen molar-refractivity contribution in [3.05, 3.63) is 41.3 Å². The van der Waals surface area contributed by atoms with Crippen molar-refractivity contribution in [3.63, 3.8) is 0 Å². The number of hydrogen-bond acceptors (Lipinski definition) is 5. The van der Waals surface area contributed by atoms with Crippen LogP contribution in [0.4, 0.5) is 0 Å². The van der Waals surface area contributed by atoms with Crippen LogP contribution in [-0.2, 0) is 22.5 Å². The number of nitrogens with zero attached hydrogens (tertiary/aromatic N) is 1. The van der Waals surface area contributed by atoms with Gasteiger partial charge in [-0.2, -0.15) is 0 Å². The second-order valence-electron chi connectivity index (χ2n) is 5.54. The highest BCUT2D eigenvalue weighted by Crippen LogP contribution is 2.34. The first-order valence-corrected chi connectivity index (χ1v) is 7.29.